The molecule has 0 saturated heterocycles. The molecule has 174 valence electrons. The smallest absolute Gasteiger partial charge is 0.237 e. The number of methoxy groups -OCH3 is 1. The molecule has 0 spiro atoms. The van der Waals surface area contributed by atoms with Gasteiger partial charge in [-0.3, -0.25) is 9.36 Å². The van der Waals surface area contributed by atoms with E-state index in [4.69, 9.17) is 4.74 Å². The summed E-state index contributed by atoms with van der Waals surface area (Å²) in [6.45, 7) is 5.80. The third-order valence-electron chi connectivity index (χ3n) is 5.47. The number of nitrogens with zero attached hydrogens (tertiary/aromatic N) is 3. The molecule has 8 heteroatoms. The van der Waals surface area contributed by atoms with Gasteiger partial charge in [0.2, 0.25) is 5.91 Å². The second kappa shape index (κ2) is 10.0. The number of phenolic OH excluding ortho intramolecular Hbond substituents is 1. The topological polar surface area (TPSA) is 89.3 Å². The highest BCUT2D eigenvalue weighted by Crippen LogP contribution is 2.32. The number of benzene rings is 3. The van der Waals surface area contributed by atoms with Gasteiger partial charge in [0.15, 0.2) is 11.0 Å². The maximum Gasteiger partial charge on any atom is 0.237 e. The number of thioether (sulfide) groups is 1. The van der Waals surface area contributed by atoms with Gasteiger partial charge in [-0.2, -0.15) is 0 Å². The maximum absolute atomic E-state index is 13.0. The highest BCUT2D eigenvalue weighted by molar-refractivity contribution is 8.00. The second-order valence-electron chi connectivity index (χ2n) is 7.90. The van der Waals surface area contributed by atoms with E-state index >= 15 is 0 Å². The number of para-hydroxylation sites is 1. The van der Waals surface area contributed by atoms with Gasteiger partial charge < -0.3 is 15.2 Å². The molecule has 1 amide bonds. The maximum atomic E-state index is 13.0. The van der Waals surface area contributed by atoms with E-state index in [1.165, 1.54) is 11.8 Å². The molecule has 7 nitrogen and oxygen atoms in total. The fourth-order valence-corrected chi connectivity index (χ4v) is 4.42. The Morgan fingerprint density at radius 3 is 2.26 bits per heavy atom. The molecule has 34 heavy (non-hydrogen) atoms. The zero-order valence-corrected chi connectivity index (χ0v) is 20.3. The molecule has 4 aromatic rings. The number of hydrogen-bond acceptors (Lipinski definition) is 6. The molecular formula is C26H26N4O3S. The minimum absolute atomic E-state index is 0.113. The number of rotatable bonds is 7. The first-order chi connectivity index (χ1) is 16.4. The lowest BCUT2D eigenvalue weighted by atomic mass is 10.1. The molecule has 1 heterocycles. The second-order valence-corrected chi connectivity index (χ2v) is 9.21. The molecule has 0 aliphatic rings. The summed E-state index contributed by atoms with van der Waals surface area (Å²) >= 11 is 1.33. The van der Waals surface area contributed by atoms with Crippen molar-refractivity contribution in [1.82, 2.24) is 14.8 Å². The molecule has 0 bridgehead atoms. The quantitative estimate of drug-likeness (QED) is 0.349. The summed E-state index contributed by atoms with van der Waals surface area (Å²) in [5.41, 5.74) is 4.49. The van der Waals surface area contributed by atoms with E-state index in [9.17, 15) is 9.90 Å². The molecule has 0 aliphatic heterocycles. The van der Waals surface area contributed by atoms with Gasteiger partial charge in [0.25, 0.3) is 0 Å². The number of carbonyl (C=O) groups excluding carboxylic acids is 1. The van der Waals surface area contributed by atoms with Crippen molar-refractivity contribution in [2.45, 2.75) is 31.2 Å². The standard InChI is InChI=1S/C26H26N4O3S/c1-16-6-5-7-17(2)23(16)27-25(32)18(3)34-26-29-28-24(19-8-12-21(31)13-9-19)30(26)20-10-14-22(33-4)15-11-20/h5-15,18,31H,1-4H3,(H,27,32)/t18-/m1/s1. The lowest BCUT2D eigenvalue weighted by Gasteiger charge is -2.16. The van der Waals surface area contributed by atoms with E-state index in [0.29, 0.717) is 11.0 Å². The van der Waals surface area contributed by atoms with Crippen LogP contribution in [0.5, 0.6) is 11.5 Å². The van der Waals surface area contributed by atoms with E-state index in [-0.39, 0.29) is 11.7 Å². The lowest BCUT2D eigenvalue weighted by molar-refractivity contribution is -0.115. The van der Waals surface area contributed by atoms with E-state index < -0.39 is 5.25 Å². The van der Waals surface area contributed by atoms with Crippen molar-refractivity contribution in [3.8, 4) is 28.6 Å². The number of aromatic nitrogens is 3. The van der Waals surface area contributed by atoms with Crippen LogP contribution in [0.1, 0.15) is 18.1 Å². The largest absolute Gasteiger partial charge is 0.508 e. The Balaban J connectivity index is 1.66. The number of aryl methyl sites for hydroxylation is 2. The fraction of sp³-hybridized carbons (Fsp3) is 0.192. The van der Waals surface area contributed by atoms with Crippen LogP contribution in [0.25, 0.3) is 17.1 Å². The Morgan fingerprint density at radius 1 is 1.00 bits per heavy atom. The Hall–Kier alpha value is -3.78. The van der Waals surface area contributed by atoms with Crippen LogP contribution in [0.15, 0.2) is 71.9 Å². The first-order valence-corrected chi connectivity index (χ1v) is 11.7. The molecular weight excluding hydrogens is 448 g/mol. The zero-order valence-electron chi connectivity index (χ0n) is 19.4. The number of amides is 1. The predicted molar refractivity (Wildman–Crippen MR) is 135 cm³/mol. The van der Waals surface area contributed by atoms with Gasteiger partial charge in [0.05, 0.1) is 12.4 Å². The normalized spacial score (nSPS) is 11.8. The van der Waals surface area contributed by atoms with Crippen molar-refractivity contribution in [2.24, 2.45) is 0 Å². The molecule has 0 fully saturated rings. The number of nitrogens with one attached hydrogen (secondary N) is 1. The van der Waals surface area contributed by atoms with Crippen LogP contribution >= 0.6 is 11.8 Å². The minimum atomic E-state index is -0.423. The molecule has 1 aromatic heterocycles. The third-order valence-corrected chi connectivity index (χ3v) is 6.51. The molecule has 3 aromatic carbocycles. The fourth-order valence-electron chi connectivity index (χ4n) is 3.56. The van der Waals surface area contributed by atoms with Crippen LogP contribution in [0.4, 0.5) is 5.69 Å². The average Bonchev–Trinajstić information content (AvgIpc) is 3.25. The molecule has 1 atom stereocenters. The van der Waals surface area contributed by atoms with Gasteiger partial charge in [-0.15, -0.1) is 10.2 Å². The van der Waals surface area contributed by atoms with Crippen LogP contribution in [0, 0.1) is 13.8 Å². The molecule has 4 rings (SSSR count). The van der Waals surface area contributed by atoms with Crippen molar-refractivity contribution in [2.75, 3.05) is 12.4 Å². The molecule has 2 N–H and O–H groups in total. The average molecular weight is 475 g/mol. The van der Waals surface area contributed by atoms with Crippen molar-refractivity contribution in [3.05, 3.63) is 77.9 Å². The summed E-state index contributed by atoms with van der Waals surface area (Å²) in [7, 11) is 1.62. The van der Waals surface area contributed by atoms with Crippen LogP contribution in [-0.2, 0) is 4.79 Å². The number of hydrogen-bond donors (Lipinski definition) is 2. The summed E-state index contributed by atoms with van der Waals surface area (Å²) in [5, 5.41) is 21.7. The van der Waals surface area contributed by atoms with Crippen molar-refractivity contribution in [1.29, 1.82) is 0 Å². The molecule has 0 unspecified atom stereocenters. The summed E-state index contributed by atoms with van der Waals surface area (Å²) in [6, 6.07) is 20.3. The molecule has 0 saturated carbocycles. The van der Waals surface area contributed by atoms with Crippen LogP contribution < -0.4 is 10.1 Å². The van der Waals surface area contributed by atoms with Gasteiger partial charge >= 0.3 is 0 Å². The Labute approximate surface area is 202 Å². The van der Waals surface area contributed by atoms with Crippen LogP contribution in [0.2, 0.25) is 0 Å². The number of anilines is 1. The van der Waals surface area contributed by atoms with Gasteiger partial charge in [0, 0.05) is 16.9 Å². The lowest BCUT2D eigenvalue weighted by Crippen LogP contribution is -2.23. The van der Waals surface area contributed by atoms with Crippen LogP contribution in [0.3, 0.4) is 0 Å². The molecule has 0 radical (unpaired) electrons. The number of aromatic hydroxyl groups is 1. The van der Waals surface area contributed by atoms with E-state index in [1.807, 2.05) is 67.8 Å². The van der Waals surface area contributed by atoms with Crippen molar-refractivity contribution >= 4 is 23.4 Å². The monoisotopic (exact) mass is 474 g/mol. The van der Waals surface area contributed by atoms with Crippen molar-refractivity contribution < 1.29 is 14.6 Å². The van der Waals surface area contributed by atoms with Gasteiger partial charge in [-0.05, 0) is 80.4 Å². The SMILES string of the molecule is COc1ccc(-n2c(S[C@H](C)C(=O)Nc3c(C)cccc3C)nnc2-c2ccc(O)cc2)cc1. The summed E-state index contributed by atoms with van der Waals surface area (Å²) in [4.78, 5) is 13.0. The number of phenols is 1. The van der Waals surface area contributed by atoms with Crippen LogP contribution in [-0.4, -0.2) is 38.1 Å². The first-order valence-electron chi connectivity index (χ1n) is 10.8. The third kappa shape index (κ3) is 4.92. The summed E-state index contributed by atoms with van der Waals surface area (Å²) in [6.07, 6.45) is 0. The first kappa shape index (κ1) is 23.4. The zero-order chi connectivity index (χ0) is 24.2. The van der Waals surface area contributed by atoms with Gasteiger partial charge in [-0.1, -0.05) is 30.0 Å². The predicted octanol–water partition coefficient (Wildman–Crippen LogP) is 5.38. The van der Waals surface area contributed by atoms with E-state index in [1.54, 1.807) is 31.4 Å². The Bertz CT molecular complexity index is 1280. The Morgan fingerprint density at radius 2 is 1.65 bits per heavy atom. The van der Waals surface area contributed by atoms with E-state index in [2.05, 4.69) is 15.5 Å². The summed E-state index contributed by atoms with van der Waals surface area (Å²) < 4.78 is 7.19. The van der Waals surface area contributed by atoms with Gasteiger partial charge in [-0.25, -0.2) is 0 Å². The summed E-state index contributed by atoms with van der Waals surface area (Å²) in [5.74, 6) is 1.40. The highest BCUT2D eigenvalue weighted by Gasteiger charge is 2.23. The van der Waals surface area contributed by atoms with Crippen molar-refractivity contribution in [3.63, 3.8) is 0 Å². The van der Waals surface area contributed by atoms with E-state index in [0.717, 1.165) is 33.8 Å². The van der Waals surface area contributed by atoms with Gasteiger partial charge in [0.1, 0.15) is 11.5 Å². The number of carbonyl (C=O) groups is 1. The Kier molecular flexibility index (Phi) is 6.88. The minimum Gasteiger partial charge on any atom is -0.508 e. The highest BCUT2D eigenvalue weighted by atomic mass is 32.2. The molecule has 0 aliphatic carbocycles. The number of ether oxygens (including phenoxy) is 1.